The average molecular weight is 324 g/mol. The molecule has 124 valence electrons. The van der Waals surface area contributed by atoms with Gasteiger partial charge in [0.05, 0.1) is 31.0 Å². The molecular formula is C17H20N6O. The third kappa shape index (κ3) is 2.90. The lowest BCUT2D eigenvalue weighted by Crippen LogP contribution is -2.45. The van der Waals surface area contributed by atoms with Crippen LogP contribution in [0.25, 0.3) is 10.9 Å². The van der Waals surface area contributed by atoms with Crippen molar-refractivity contribution in [3.05, 3.63) is 42.2 Å². The van der Waals surface area contributed by atoms with Gasteiger partial charge in [0, 0.05) is 24.7 Å². The summed E-state index contributed by atoms with van der Waals surface area (Å²) in [6.07, 6.45) is 3.93. The zero-order chi connectivity index (χ0) is 16.5. The predicted molar refractivity (Wildman–Crippen MR) is 92.9 cm³/mol. The van der Waals surface area contributed by atoms with E-state index in [4.69, 9.17) is 10.5 Å². The maximum absolute atomic E-state index is 6.10. The van der Waals surface area contributed by atoms with Crippen LogP contribution in [0.3, 0.4) is 0 Å². The van der Waals surface area contributed by atoms with Crippen molar-refractivity contribution < 1.29 is 4.74 Å². The molecular weight excluding hydrogens is 304 g/mol. The molecule has 1 fully saturated rings. The van der Waals surface area contributed by atoms with Crippen LogP contribution in [0, 0.1) is 6.92 Å². The van der Waals surface area contributed by atoms with E-state index < -0.39 is 0 Å². The second-order valence-electron chi connectivity index (χ2n) is 6.10. The van der Waals surface area contributed by atoms with E-state index in [9.17, 15) is 0 Å². The minimum absolute atomic E-state index is 0.0503. The second kappa shape index (κ2) is 6.09. The Morgan fingerprint density at radius 3 is 3.00 bits per heavy atom. The third-order valence-corrected chi connectivity index (χ3v) is 4.20. The highest BCUT2D eigenvalue weighted by Gasteiger charge is 2.23. The Morgan fingerprint density at radius 1 is 1.29 bits per heavy atom. The number of aryl methyl sites for hydroxylation is 1. The Kier molecular flexibility index (Phi) is 3.78. The summed E-state index contributed by atoms with van der Waals surface area (Å²) in [6, 6.07) is 7.80. The lowest BCUT2D eigenvalue weighted by Gasteiger charge is -2.33. The number of nitrogens with zero attached hydrogens (tertiary/aromatic N) is 5. The minimum atomic E-state index is 0.0503. The van der Waals surface area contributed by atoms with Crippen molar-refractivity contribution in [2.45, 2.75) is 19.6 Å². The van der Waals surface area contributed by atoms with Crippen LogP contribution in [0.4, 0.5) is 11.8 Å². The minimum Gasteiger partial charge on any atom is -0.383 e. The monoisotopic (exact) mass is 324 g/mol. The van der Waals surface area contributed by atoms with E-state index in [0.717, 1.165) is 29.6 Å². The van der Waals surface area contributed by atoms with Crippen LogP contribution in [-0.2, 0) is 11.3 Å². The normalized spacial score (nSPS) is 18.2. The van der Waals surface area contributed by atoms with E-state index >= 15 is 0 Å². The Balaban J connectivity index is 1.55. The molecule has 3 aromatic rings. The Labute approximate surface area is 140 Å². The molecule has 0 saturated carbocycles. The molecule has 24 heavy (non-hydrogen) atoms. The largest absolute Gasteiger partial charge is 0.383 e. The lowest BCUT2D eigenvalue weighted by atomic mass is 10.2. The molecule has 0 bridgehead atoms. The fourth-order valence-electron chi connectivity index (χ4n) is 3.02. The van der Waals surface area contributed by atoms with Crippen LogP contribution in [0.2, 0.25) is 0 Å². The van der Waals surface area contributed by atoms with Crippen LogP contribution < -0.4 is 10.6 Å². The SMILES string of the molecule is Cc1cnn(CC2CN(c3nc(N)c4ccccc4n3)CCO2)c1. The van der Waals surface area contributed by atoms with Gasteiger partial charge in [0.2, 0.25) is 5.95 Å². The number of benzene rings is 1. The standard InChI is InChI=1S/C17H20N6O/c1-12-8-19-23(9-12)11-13-10-22(6-7-24-13)17-20-15-5-3-2-4-14(15)16(18)21-17/h2-5,8-9,13H,6-7,10-11H2,1H3,(H2,18,20,21). The van der Waals surface area contributed by atoms with Gasteiger partial charge in [-0.1, -0.05) is 12.1 Å². The van der Waals surface area contributed by atoms with E-state index in [1.54, 1.807) is 0 Å². The third-order valence-electron chi connectivity index (χ3n) is 4.20. The van der Waals surface area contributed by atoms with Crippen LogP contribution in [0.1, 0.15) is 5.56 Å². The van der Waals surface area contributed by atoms with Crippen molar-refractivity contribution in [3.8, 4) is 0 Å². The molecule has 0 aliphatic carbocycles. The van der Waals surface area contributed by atoms with E-state index in [0.29, 0.717) is 24.9 Å². The Bertz CT molecular complexity index is 861. The van der Waals surface area contributed by atoms with Gasteiger partial charge in [-0.3, -0.25) is 4.68 Å². The highest BCUT2D eigenvalue weighted by atomic mass is 16.5. The number of fused-ring (bicyclic) bond motifs is 1. The van der Waals surface area contributed by atoms with Gasteiger partial charge in [-0.15, -0.1) is 0 Å². The topological polar surface area (TPSA) is 82.1 Å². The molecule has 1 aliphatic rings. The molecule has 1 atom stereocenters. The van der Waals surface area contributed by atoms with Crippen LogP contribution >= 0.6 is 0 Å². The van der Waals surface area contributed by atoms with Crippen molar-refractivity contribution in [3.63, 3.8) is 0 Å². The van der Waals surface area contributed by atoms with Gasteiger partial charge in [0.15, 0.2) is 0 Å². The zero-order valence-corrected chi connectivity index (χ0v) is 13.6. The average Bonchev–Trinajstić information content (AvgIpc) is 3.00. The number of anilines is 2. The lowest BCUT2D eigenvalue weighted by molar-refractivity contribution is 0.0269. The van der Waals surface area contributed by atoms with Crippen LogP contribution in [-0.4, -0.2) is 45.5 Å². The number of para-hydroxylation sites is 1. The summed E-state index contributed by atoms with van der Waals surface area (Å²) in [4.78, 5) is 11.3. The number of nitrogens with two attached hydrogens (primary N) is 1. The maximum Gasteiger partial charge on any atom is 0.228 e. The highest BCUT2D eigenvalue weighted by molar-refractivity contribution is 5.88. The van der Waals surface area contributed by atoms with Gasteiger partial charge in [-0.2, -0.15) is 10.1 Å². The second-order valence-corrected chi connectivity index (χ2v) is 6.10. The molecule has 2 N–H and O–H groups in total. The van der Waals surface area contributed by atoms with Gasteiger partial charge in [0.1, 0.15) is 5.82 Å². The Morgan fingerprint density at radius 2 is 2.17 bits per heavy atom. The summed E-state index contributed by atoms with van der Waals surface area (Å²) in [5, 5.41) is 5.22. The quantitative estimate of drug-likeness (QED) is 0.788. The molecule has 0 radical (unpaired) electrons. The van der Waals surface area contributed by atoms with Gasteiger partial charge < -0.3 is 15.4 Å². The van der Waals surface area contributed by atoms with Gasteiger partial charge >= 0.3 is 0 Å². The predicted octanol–water partition coefficient (Wildman–Crippen LogP) is 1.62. The first-order valence-electron chi connectivity index (χ1n) is 8.07. The van der Waals surface area contributed by atoms with E-state index in [2.05, 4.69) is 20.0 Å². The molecule has 3 heterocycles. The van der Waals surface area contributed by atoms with Crippen molar-refractivity contribution in [2.24, 2.45) is 0 Å². The van der Waals surface area contributed by atoms with Gasteiger partial charge in [-0.05, 0) is 24.6 Å². The van der Waals surface area contributed by atoms with E-state index in [-0.39, 0.29) is 6.10 Å². The van der Waals surface area contributed by atoms with Crippen molar-refractivity contribution in [1.82, 2.24) is 19.7 Å². The maximum atomic E-state index is 6.10. The first kappa shape index (κ1) is 14.9. The summed E-state index contributed by atoms with van der Waals surface area (Å²) in [5.41, 5.74) is 8.11. The Hall–Kier alpha value is -2.67. The van der Waals surface area contributed by atoms with E-state index in [1.165, 1.54) is 0 Å². The highest BCUT2D eigenvalue weighted by Crippen LogP contribution is 2.22. The van der Waals surface area contributed by atoms with Crippen molar-refractivity contribution in [2.75, 3.05) is 30.3 Å². The number of rotatable bonds is 3. The van der Waals surface area contributed by atoms with Gasteiger partial charge in [0.25, 0.3) is 0 Å². The van der Waals surface area contributed by atoms with E-state index in [1.807, 2.05) is 48.3 Å². The fraction of sp³-hybridized carbons (Fsp3) is 0.353. The number of hydrogen-bond acceptors (Lipinski definition) is 6. The molecule has 1 aliphatic heterocycles. The molecule has 4 rings (SSSR count). The number of ether oxygens (including phenoxy) is 1. The summed E-state index contributed by atoms with van der Waals surface area (Å²) in [7, 11) is 0. The van der Waals surface area contributed by atoms with Gasteiger partial charge in [-0.25, -0.2) is 4.98 Å². The van der Waals surface area contributed by atoms with Crippen LogP contribution in [0.15, 0.2) is 36.7 Å². The van der Waals surface area contributed by atoms with Crippen molar-refractivity contribution in [1.29, 1.82) is 0 Å². The number of nitrogen functional groups attached to an aromatic ring is 1. The smallest absolute Gasteiger partial charge is 0.228 e. The molecule has 0 amide bonds. The molecule has 1 saturated heterocycles. The summed E-state index contributed by atoms with van der Waals surface area (Å²) in [5.74, 6) is 1.18. The molecule has 7 heteroatoms. The molecule has 1 aromatic carbocycles. The summed E-state index contributed by atoms with van der Waals surface area (Å²) < 4.78 is 7.79. The molecule has 7 nitrogen and oxygen atoms in total. The fourth-order valence-corrected chi connectivity index (χ4v) is 3.02. The molecule has 0 spiro atoms. The zero-order valence-electron chi connectivity index (χ0n) is 13.6. The van der Waals surface area contributed by atoms with Crippen molar-refractivity contribution >= 4 is 22.7 Å². The number of morpholine rings is 1. The first-order valence-corrected chi connectivity index (χ1v) is 8.07. The van der Waals surface area contributed by atoms with Crippen LogP contribution in [0.5, 0.6) is 0 Å². The summed E-state index contributed by atoms with van der Waals surface area (Å²) >= 11 is 0. The first-order chi connectivity index (χ1) is 11.7. The number of aromatic nitrogens is 4. The number of hydrogen-bond donors (Lipinski definition) is 1. The summed E-state index contributed by atoms with van der Waals surface area (Å²) in [6.45, 7) is 4.86. The molecule has 1 unspecified atom stereocenters. The molecule has 2 aromatic heterocycles.